The molecule has 2 N–H and O–H groups in total. The largest absolute Gasteiger partial charge is 0.494 e. The van der Waals surface area contributed by atoms with Crippen molar-refractivity contribution in [2.24, 2.45) is 0 Å². The van der Waals surface area contributed by atoms with Crippen LogP contribution < -0.4 is 5.32 Å². The fourth-order valence-corrected chi connectivity index (χ4v) is 5.10. The van der Waals surface area contributed by atoms with Gasteiger partial charge in [-0.05, 0) is 36.5 Å². The SMILES string of the molecule is O=C(NCc1ccccc1)C(Cc1ccccc1)N1CCCCC(n2cc3ccccc3c2O)C1=O. The van der Waals surface area contributed by atoms with Crippen LogP contribution in [0.15, 0.2) is 91.1 Å². The minimum atomic E-state index is -0.642. The Morgan fingerprint density at radius 3 is 2.31 bits per heavy atom. The van der Waals surface area contributed by atoms with Crippen LogP contribution in [0.1, 0.15) is 36.4 Å². The molecule has 0 aliphatic carbocycles. The second-order valence-corrected chi connectivity index (χ2v) is 9.40. The lowest BCUT2D eigenvalue weighted by atomic mass is 10.0. The summed E-state index contributed by atoms with van der Waals surface area (Å²) in [5.74, 6) is -0.198. The van der Waals surface area contributed by atoms with Crippen LogP contribution in [0.3, 0.4) is 0 Å². The van der Waals surface area contributed by atoms with Crippen molar-refractivity contribution < 1.29 is 14.7 Å². The van der Waals surface area contributed by atoms with Gasteiger partial charge in [-0.15, -0.1) is 0 Å². The van der Waals surface area contributed by atoms with Crippen molar-refractivity contribution in [2.45, 2.75) is 44.3 Å². The Morgan fingerprint density at radius 2 is 1.58 bits per heavy atom. The van der Waals surface area contributed by atoms with E-state index in [4.69, 9.17) is 0 Å². The molecule has 5 rings (SSSR count). The molecular weight excluding hydrogens is 450 g/mol. The molecule has 184 valence electrons. The van der Waals surface area contributed by atoms with Gasteiger partial charge in [-0.25, -0.2) is 0 Å². The summed E-state index contributed by atoms with van der Waals surface area (Å²) in [6, 6.07) is 26.0. The number of amides is 2. The monoisotopic (exact) mass is 481 g/mol. The Labute approximate surface area is 211 Å². The molecule has 2 atom stereocenters. The second kappa shape index (κ2) is 10.7. The number of nitrogens with one attached hydrogen (secondary N) is 1. The number of nitrogens with zero attached hydrogens (tertiary/aromatic N) is 2. The smallest absolute Gasteiger partial charge is 0.246 e. The van der Waals surface area contributed by atoms with Crippen molar-refractivity contribution in [3.8, 4) is 5.88 Å². The first-order valence-corrected chi connectivity index (χ1v) is 12.6. The average molecular weight is 482 g/mol. The normalized spacial score (nSPS) is 17.1. The Kier molecular flexibility index (Phi) is 7.03. The number of fused-ring (bicyclic) bond motifs is 1. The van der Waals surface area contributed by atoms with Gasteiger partial charge in [0.1, 0.15) is 12.1 Å². The third-order valence-electron chi connectivity index (χ3n) is 7.02. The van der Waals surface area contributed by atoms with Crippen LogP contribution in [0.4, 0.5) is 0 Å². The summed E-state index contributed by atoms with van der Waals surface area (Å²) in [5, 5.41) is 15.6. The van der Waals surface area contributed by atoms with E-state index >= 15 is 0 Å². The molecule has 0 bridgehead atoms. The van der Waals surface area contributed by atoms with E-state index in [1.165, 1.54) is 0 Å². The van der Waals surface area contributed by atoms with Gasteiger partial charge in [0, 0.05) is 36.5 Å². The minimum Gasteiger partial charge on any atom is -0.494 e. The number of likely N-dealkylation sites (tertiary alicyclic amines) is 1. The molecule has 1 aliphatic rings. The average Bonchev–Trinajstić information content (AvgIpc) is 3.13. The van der Waals surface area contributed by atoms with Crippen LogP contribution in [0, 0.1) is 0 Å². The second-order valence-electron chi connectivity index (χ2n) is 9.40. The number of aromatic hydroxyl groups is 1. The van der Waals surface area contributed by atoms with Gasteiger partial charge in [0.15, 0.2) is 5.88 Å². The fourth-order valence-electron chi connectivity index (χ4n) is 5.10. The van der Waals surface area contributed by atoms with Crippen molar-refractivity contribution in [2.75, 3.05) is 6.54 Å². The summed E-state index contributed by atoms with van der Waals surface area (Å²) in [6.45, 7) is 0.910. The zero-order chi connectivity index (χ0) is 24.9. The van der Waals surface area contributed by atoms with Gasteiger partial charge in [-0.2, -0.15) is 0 Å². The van der Waals surface area contributed by atoms with E-state index in [0.29, 0.717) is 25.9 Å². The molecule has 2 amide bonds. The highest BCUT2D eigenvalue weighted by Crippen LogP contribution is 2.34. The van der Waals surface area contributed by atoms with Crippen molar-refractivity contribution in [1.29, 1.82) is 0 Å². The standard InChI is InChI=1S/C30H31N3O3/c34-28(31-20-23-13-5-2-6-14-23)27(19-22-11-3-1-4-12-22)32-18-10-9-17-26(30(32)36)33-21-24-15-7-8-16-25(24)29(33)35/h1-8,11-16,21,26-27,35H,9-10,17-20H2,(H,31,34). The van der Waals surface area contributed by atoms with Crippen molar-refractivity contribution in [3.63, 3.8) is 0 Å². The van der Waals surface area contributed by atoms with Crippen LogP contribution in [-0.4, -0.2) is 39.0 Å². The maximum absolute atomic E-state index is 14.0. The van der Waals surface area contributed by atoms with Crippen LogP contribution >= 0.6 is 0 Å². The molecule has 2 unspecified atom stereocenters. The number of carbonyl (C=O) groups is 2. The van der Waals surface area contributed by atoms with Gasteiger partial charge in [0.2, 0.25) is 11.8 Å². The molecule has 1 aromatic heterocycles. The van der Waals surface area contributed by atoms with Crippen LogP contribution in [0.2, 0.25) is 0 Å². The zero-order valence-electron chi connectivity index (χ0n) is 20.2. The van der Waals surface area contributed by atoms with E-state index < -0.39 is 12.1 Å². The number of benzene rings is 3. The molecule has 0 saturated carbocycles. The fraction of sp³-hybridized carbons (Fsp3) is 0.267. The summed E-state index contributed by atoms with van der Waals surface area (Å²) in [6.07, 6.45) is 4.54. The highest BCUT2D eigenvalue weighted by Gasteiger charge is 2.37. The molecule has 6 nitrogen and oxygen atoms in total. The van der Waals surface area contributed by atoms with Crippen LogP contribution in [0.5, 0.6) is 5.88 Å². The predicted molar refractivity (Wildman–Crippen MR) is 140 cm³/mol. The molecule has 2 heterocycles. The van der Waals surface area contributed by atoms with Gasteiger partial charge in [-0.3, -0.25) is 9.59 Å². The molecule has 1 fully saturated rings. The molecule has 0 radical (unpaired) electrons. The summed E-state index contributed by atoms with van der Waals surface area (Å²) < 4.78 is 1.69. The molecule has 36 heavy (non-hydrogen) atoms. The third-order valence-corrected chi connectivity index (χ3v) is 7.02. The molecular formula is C30H31N3O3. The summed E-state index contributed by atoms with van der Waals surface area (Å²) in [7, 11) is 0. The van der Waals surface area contributed by atoms with Gasteiger partial charge < -0.3 is 19.9 Å². The molecule has 4 aromatic rings. The highest BCUT2D eigenvalue weighted by molar-refractivity contribution is 5.92. The van der Waals surface area contributed by atoms with Gasteiger partial charge >= 0.3 is 0 Å². The Hall–Kier alpha value is -4.06. The van der Waals surface area contributed by atoms with Crippen LogP contribution in [-0.2, 0) is 22.6 Å². The van der Waals surface area contributed by atoms with Crippen molar-refractivity contribution in [1.82, 2.24) is 14.8 Å². The Bertz CT molecular complexity index is 1330. The van der Waals surface area contributed by atoms with Gasteiger partial charge in [0.25, 0.3) is 0 Å². The van der Waals surface area contributed by atoms with Crippen molar-refractivity contribution >= 4 is 22.6 Å². The number of hydrogen-bond acceptors (Lipinski definition) is 3. The first kappa shape index (κ1) is 23.7. The molecule has 1 saturated heterocycles. The Balaban J connectivity index is 1.44. The number of aromatic nitrogens is 1. The number of hydrogen-bond donors (Lipinski definition) is 2. The lowest BCUT2D eigenvalue weighted by molar-refractivity contribution is -0.142. The summed E-state index contributed by atoms with van der Waals surface area (Å²) in [5.41, 5.74) is 2.01. The zero-order valence-corrected chi connectivity index (χ0v) is 20.2. The molecule has 3 aromatic carbocycles. The molecule has 0 spiro atoms. The molecule has 1 aliphatic heterocycles. The topological polar surface area (TPSA) is 74.6 Å². The first-order valence-electron chi connectivity index (χ1n) is 12.6. The maximum Gasteiger partial charge on any atom is 0.246 e. The van der Waals surface area contributed by atoms with Crippen LogP contribution in [0.25, 0.3) is 10.8 Å². The Morgan fingerprint density at radius 1 is 0.917 bits per heavy atom. The van der Waals surface area contributed by atoms with E-state index in [2.05, 4.69) is 5.32 Å². The minimum absolute atomic E-state index is 0.0962. The summed E-state index contributed by atoms with van der Waals surface area (Å²) >= 11 is 0. The maximum atomic E-state index is 14.0. The highest BCUT2D eigenvalue weighted by atomic mass is 16.3. The lowest BCUT2D eigenvalue weighted by Crippen LogP contribution is -2.52. The van der Waals surface area contributed by atoms with Gasteiger partial charge in [-0.1, -0.05) is 78.9 Å². The quantitative estimate of drug-likeness (QED) is 0.397. The van der Waals surface area contributed by atoms with E-state index in [9.17, 15) is 14.7 Å². The first-order chi connectivity index (χ1) is 17.6. The van der Waals surface area contributed by atoms with E-state index in [-0.39, 0.29) is 17.7 Å². The van der Waals surface area contributed by atoms with E-state index in [1.807, 2.05) is 91.1 Å². The van der Waals surface area contributed by atoms with E-state index in [1.54, 1.807) is 9.47 Å². The van der Waals surface area contributed by atoms with Gasteiger partial charge in [0.05, 0.1) is 0 Å². The third kappa shape index (κ3) is 4.98. The van der Waals surface area contributed by atoms with E-state index in [0.717, 1.165) is 34.7 Å². The lowest BCUT2D eigenvalue weighted by Gasteiger charge is -2.32. The number of rotatable bonds is 7. The number of carbonyl (C=O) groups excluding carboxylic acids is 2. The molecule has 6 heteroatoms. The van der Waals surface area contributed by atoms with Crippen molar-refractivity contribution in [3.05, 3.63) is 102 Å². The summed E-state index contributed by atoms with van der Waals surface area (Å²) in [4.78, 5) is 29.3. The predicted octanol–water partition coefficient (Wildman–Crippen LogP) is 4.83.